The van der Waals surface area contributed by atoms with Crippen LogP contribution in [0, 0.1) is 0 Å². The van der Waals surface area contributed by atoms with Gasteiger partial charge in [0.15, 0.2) is 0 Å². The van der Waals surface area contributed by atoms with E-state index in [1.165, 1.54) is 0 Å². The van der Waals surface area contributed by atoms with Gasteiger partial charge in [0.1, 0.15) is 12.9 Å². The van der Waals surface area contributed by atoms with Gasteiger partial charge < -0.3 is 0 Å². The first-order valence-corrected chi connectivity index (χ1v) is 13.7. The van der Waals surface area contributed by atoms with E-state index in [0.29, 0.717) is 0 Å². The average Bonchev–Trinajstić information content (AvgIpc) is 2.15. The molecule has 0 aliphatic rings. The van der Waals surface area contributed by atoms with Crippen molar-refractivity contribution >= 4 is 191 Å². The van der Waals surface area contributed by atoms with Crippen molar-refractivity contribution in [3.05, 3.63) is 0 Å². The highest BCUT2D eigenvalue weighted by molar-refractivity contribution is 9.36. The topological polar surface area (TPSA) is 0 Å². The minimum atomic E-state index is -0.676. The quantitative estimate of drug-likeness (QED) is 0.241. The lowest BCUT2D eigenvalue weighted by atomic mass is 10.2. The molecule has 0 aliphatic heterocycles. The van der Waals surface area contributed by atoms with Gasteiger partial charge in [0.25, 0.3) is 0 Å². The van der Waals surface area contributed by atoms with E-state index in [4.69, 9.17) is 0 Å². The molecule has 0 aromatic carbocycles. The molecule has 18 heavy (non-hydrogen) atoms. The maximum atomic E-state index is 3.70. The Hall–Kier alpha value is 5.76. The molecule has 0 fully saturated rings. The zero-order valence-electron chi connectivity index (χ0n) is 7.69. The Kier molecular flexibility index (Phi) is 11.1. The van der Waals surface area contributed by atoms with Crippen LogP contribution < -0.4 is 0 Å². The summed E-state index contributed by atoms with van der Waals surface area (Å²) < 4.78 is -2.67. The molecule has 0 amide bonds. The summed E-state index contributed by atoms with van der Waals surface area (Å²) in [6, 6.07) is 0. The molecule has 0 aromatic heterocycles. The van der Waals surface area contributed by atoms with Crippen molar-refractivity contribution in [2.75, 3.05) is 0 Å². The van der Waals surface area contributed by atoms with Gasteiger partial charge in [-0.05, 0) is 0 Å². The van der Waals surface area contributed by atoms with Crippen LogP contribution in [0.5, 0.6) is 0 Å². The summed E-state index contributed by atoms with van der Waals surface area (Å²) in [5, 5.41) is 0. The molecule has 0 heterocycles. The molecule has 0 aliphatic carbocycles. The summed E-state index contributed by atoms with van der Waals surface area (Å²) in [5.74, 6) is 0. The molecule has 0 spiro atoms. The Morgan fingerprint density at radius 1 is 0.444 bits per heavy atom. The molecule has 0 saturated heterocycles. The Labute approximate surface area is 207 Å². The molecule has 0 aromatic rings. The first kappa shape index (κ1) is 23.8. The van der Waals surface area contributed by atoms with Gasteiger partial charge in [0, 0.05) is 0 Å². The fraction of sp³-hybridized carbons (Fsp3) is 1.00. The van der Waals surface area contributed by atoms with Crippen LogP contribution in [0.25, 0.3) is 0 Å². The predicted molar refractivity (Wildman–Crippen MR) is 126 cm³/mol. The molecule has 0 nitrogen and oxygen atoms in total. The van der Waals surface area contributed by atoms with Crippen LogP contribution in [0.1, 0.15) is 0 Å². The van der Waals surface area contributed by atoms with Gasteiger partial charge in [-0.1, -0.05) is 191 Å². The second-order valence-corrected chi connectivity index (χ2v) is 23.1. The van der Waals surface area contributed by atoms with Gasteiger partial charge in [-0.15, -0.1) is 0 Å². The van der Waals surface area contributed by atoms with Crippen LogP contribution >= 0.6 is 191 Å². The van der Waals surface area contributed by atoms with E-state index in [1.54, 1.807) is 0 Å². The molecule has 0 rings (SSSR count). The minimum Gasteiger partial charge on any atom is -0.0739 e. The summed E-state index contributed by atoms with van der Waals surface area (Å²) in [6.45, 7) is 0. The number of rotatable bonds is 5. The van der Waals surface area contributed by atoms with Crippen molar-refractivity contribution in [1.82, 2.24) is 0 Å². The first-order chi connectivity index (χ1) is 7.64. The van der Waals surface area contributed by atoms with Gasteiger partial charge in [-0.3, -0.25) is 0 Å². The fourth-order valence-corrected chi connectivity index (χ4v) is 10.0. The molecular formula is C6H2Br12. The third kappa shape index (κ3) is 4.68. The van der Waals surface area contributed by atoms with E-state index in [9.17, 15) is 0 Å². The molecule has 0 unspecified atom stereocenters. The SMILES string of the molecule is BrC(Br)C(Br)(Br)C(Br)(Br)C(Br)(Br)C(Br)(Br)C(Br)Br. The van der Waals surface area contributed by atoms with E-state index >= 15 is 0 Å². The van der Waals surface area contributed by atoms with Crippen LogP contribution in [0.15, 0.2) is 0 Å². The molecule has 0 bridgehead atoms. The van der Waals surface area contributed by atoms with Crippen molar-refractivity contribution in [3.63, 3.8) is 0 Å². The molecule has 12 heteroatoms. The van der Waals surface area contributed by atoms with Crippen molar-refractivity contribution in [2.45, 2.75) is 20.4 Å². The lowest BCUT2D eigenvalue weighted by Gasteiger charge is -2.50. The molecule has 0 N–H and O–H groups in total. The lowest BCUT2D eigenvalue weighted by molar-refractivity contribution is 0.688. The van der Waals surface area contributed by atoms with Gasteiger partial charge in [0.2, 0.25) is 0 Å². The second kappa shape index (κ2) is 8.43. The third-order valence-electron chi connectivity index (χ3n) is 1.78. The maximum Gasteiger partial charge on any atom is 0.135 e. The maximum absolute atomic E-state index is 3.70. The van der Waals surface area contributed by atoms with Gasteiger partial charge >= 0.3 is 0 Å². The summed E-state index contributed by atoms with van der Waals surface area (Å²) in [6.07, 6.45) is 0. The van der Waals surface area contributed by atoms with E-state index in [-0.39, 0.29) is 7.47 Å². The minimum absolute atomic E-state index is 0.0781. The Bertz CT molecular complexity index is 261. The third-order valence-corrected chi connectivity index (χ3v) is 24.9. The van der Waals surface area contributed by atoms with Crippen LogP contribution in [-0.2, 0) is 0 Å². The van der Waals surface area contributed by atoms with Gasteiger partial charge in [-0.25, -0.2) is 0 Å². The second-order valence-electron chi connectivity index (χ2n) is 3.00. The summed E-state index contributed by atoms with van der Waals surface area (Å²) in [7, 11) is 0. The first-order valence-electron chi connectivity index (χ1n) is 3.71. The molecule has 0 saturated carbocycles. The highest BCUT2D eigenvalue weighted by Gasteiger charge is 2.67. The van der Waals surface area contributed by atoms with E-state index in [0.717, 1.165) is 0 Å². The van der Waals surface area contributed by atoms with E-state index in [1.807, 2.05) is 0 Å². The summed E-state index contributed by atoms with van der Waals surface area (Å²) >= 11 is 43.3. The van der Waals surface area contributed by atoms with Crippen LogP contribution in [0.4, 0.5) is 0 Å². The largest absolute Gasteiger partial charge is 0.135 e. The number of halogens is 12. The van der Waals surface area contributed by atoms with Gasteiger partial charge in [-0.2, -0.15) is 0 Å². The van der Waals surface area contributed by atoms with Crippen molar-refractivity contribution in [1.29, 1.82) is 0 Å². The van der Waals surface area contributed by atoms with Crippen molar-refractivity contribution < 1.29 is 0 Å². The normalized spacial score (nSPS) is 15.7. The fourth-order valence-electron chi connectivity index (χ4n) is 0.693. The monoisotopic (exact) mass is 1020 g/mol. The highest BCUT2D eigenvalue weighted by atomic mass is 79.9. The standard InChI is InChI=1S/C6H2Br12/c7-1(8)3(11,12)5(15,16)6(17,18)4(13,14)2(9)10/h1-2H. The molecule has 0 atom stereocenters. The van der Waals surface area contributed by atoms with Crippen LogP contribution in [0.3, 0.4) is 0 Å². The Morgan fingerprint density at radius 3 is 0.722 bits per heavy atom. The zero-order valence-corrected chi connectivity index (χ0v) is 26.7. The van der Waals surface area contributed by atoms with E-state index < -0.39 is 12.9 Å². The predicted octanol–water partition coefficient (Wildman–Crippen LogP) is 9.16. The highest BCUT2D eigenvalue weighted by Crippen LogP contribution is 2.70. The van der Waals surface area contributed by atoms with E-state index in [2.05, 4.69) is 191 Å². The number of hydrogen-bond acceptors (Lipinski definition) is 0. The number of hydrogen-bond donors (Lipinski definition) is 0. The van der Waals surface area contributed by atoms with Crippen LogP contribution in [0.2, 0.25) is 0 Å². The van der Waals surface area contributed by atoms with Crippen molar-refractivity contribution in [2.24, 2.45) is 0 Å². The summed E-state index contributed by atoms with van der Waals surface area (Å²) in [5.41, 5.74) is 0. The van der Waals surface area contributed by atoms with Crippen molar-refractivity contribution in [3.8, 4) is 0 Å². The lowest BCUT2D eigenvalue weighted by Crippen LogP contribution is -2.59. The molecular weight excluding hydrogens is 1030 g/mol. The molecule has 0 radical (unpaired) electrons. The van der Waals surface area contributed by atoms with Gasteiger partial charge in [0.05, 0.1) is 7.47 Å². The zero-order chi connectivity index (χ0) is 15.2. The average molecular weight is 1030 g/mol. The Balaban J connectivity index is 5.74. The molecule has 110 valence electrons. The van der Waals surface area contributed by atoms with Crippen LogP contribution in [-0.4, -0.2) is 20.4 Å². The smallest absolute Gasteiger partial charge is 0.0739 e. The number of alkyl halides is 12. The Morgan fingerprint density at radius 2 is 0.611 bits per heavy atom. The summed E-state index contributed by atoms with van der Waals surface area (Å²) in [4.78, 5) is 0.